The number of halogens is 3. The number of aromatic nitrogens is 1. The molecular formula is C24H18F3N3O3. The number of benzene rings is 2. The zero-order chi connectivity index (χ0) is 23.8. The molecule has 0 atom stereocenters. The molecule has 0 fully saturated rings. The fourth-order valence-electron chi connectivity index (χ4n) is 3.60. The molecule has 33 heavy (non-hydrogen) atoms. The van der Waals surface area contributed by atoms with Crippen molar-refractivity contribution in [1.29, 1.82) is 0 Å². The molecule has 0 aliphatic rings. The number of nitrogens with zero attached hydrogens (tertiary/aromatic N) is 1. The molecule has 0 spiro atoms. The zero-order valence-electron chi connectivity index (χ0n) is 17.3. The number of methoxy groups -OCH3 is 1. The Hall–Kier alpha value is -4.27. The van der Waals surface area contributed by atoms with Crippen LogP contribution >= 0.6 is 0 Å². The van der Waals surface area contributed by atoms with E-state index in [4.69, 9.17) is 10.5 Å². The van der Waals surface area contributed by atoms with Crippen LogP contribution in [0.25, 0.3) is 5.52 Å². The van der Waals surface area contributed by atoms with Crippen LogP contribution in [0.5, 0.6) is 5.75 Å². The van der Waals surface area contributed by atoms with Gasteiger partial charge in [-0.3, -0.25) is 9.59 Å². The highest BCUT2D eigenvalue weighted by Crippen LogP contribution is 2.36. The Morgan fingerprint density at radius 1 is 0.970 bits per heavy atom. The molecule has 0 unspecified atom stereocenters. The van der Waals surface area contributed by atoms with Crippen LogP contribution < -0.4 is 15.8 Å². The third-order valence-electron chi connectivity index (χ3n) is 5.16. The minimum Gasteiger partial charge on any atom is -0.497 e. The van der Waals surface area contributed by atoms with E-state index in [2.05, 4.69) is 5.32 Å². The van der Waals surface area contributed by atoms with Gasteiger partial charge in [-0.2, -0.15) is 13.2 Å². The summed E-state index contributed by atoms with van der Waals surface area (Å²) in [6, 6.07) is 15.8. The summed E-state index contributed by atoms with van der Waals surface area (Å²) in [4.78, 5) is 26.3. The minimum atomic E-state index is -4.66. The average Bonchev–Trinajstić information content (AvgIpc) is 3.10. The summed E-state index contributed by atoms with van der Waals surface area (Å²) in [5.74, 6) is -0.754. The lowest BCUT2D eigenvalue weighted by molar-refractivity contribution is -0.136. The molecule has 4 aromatic rings. The number of alkyl halides is 3. The minimum absolute atomic E-state index is 0.0324. The lowest BCUT2D eigenvalue weighted by atomic mass is 10.1. The zero-order valence-corrected chi connectivity index (χ0v) is 17.3. The number of ketones is 1. The van der Waals surface area contributed by atoms with E-state index in [0.29, 0.717) is 11.3 Å². The first-order chi connectivity index (χ1) is 15.7. The topological polar surface area (TPSA) is 85.8 Å². The summed E-state index contributed by atoms with van der Waals surface area (Å²) in [5.41, 5.74) is 5.23. The van der Waals surface area contributed by atoms with Gasteiger partial charge >= 0.3 is 6.18 Å². The second kappa shape index (κ2) is 8.34. The fourth-order valence-corrected chi connectivity index (χ4v) is 3.60. The van der Waals surface area contributed by atoms with Gasteiger partial charge < -0.3 is 20.2 Å². The summed E-state index contributed by atoms with van der Waals surface area (Å²) in [7, 11) is 1.50. The van der Waals surface area contributed by atoms with E-state index >= 15 is 0 Å². The molecule has 0 saturated carbocycles. The number of amides is 1. The Morgan fingerprint density at radius 2 is 1.64 bits per heavy atom. The third-order valence-corrected chi connectivity index (χ3v) is 5.16. The molecule has 4 rings (SSSR count). The van der Waals surface area contributed by atoms with Gasteiger partial charge in [0.2, 0.25) is 5.78 Å². The Morgan fingerprint density at radius 3 is 2.30 bits per heavy atom. The number of ether oxygens (including phenoxy) is 1. The first-order valence-corrected chi connectivity index (χ1v) is 9.77. The van der Waals surface area contributed by atoms with Crippen molar-refractivity contribution >= 4 is 28.6 Å². The maximum absolute atomic E-state index is 13.4. The van der Waals surface area contributed by atoms with Gasteiger partial charge in [0.15, 0.2) is 0 Å². The summed E-state index contributed by atoms with van der Waals surface area (Å²) >= 11 is 0. The van der Waals surface area contributed by atoms with Crippen molar-refractivity contribution in [2.24, 2.45) is 0 Å². The van der Waals surface area contributed by atoms with Gasteiger partial charge in [-0.05, 0) is 48.5 Å². The molecule has 2 heterocycles. The van der Waals surface area contributed by atoms with Gasteiger partial charge in [0, 0.05) is 11.8 Å². The number of nitrogen functional groups attached to an aromatic ring is 1. The first kappa shape index (κ1) is 21.9. The van der Waals surface area contributed by atoms with Crippen LogP contribution in [0.2, 0.25) is 0 Å². The number of hydrogen-bond donors (Lipinski definition) is 2. The van der Waals surface area contributed by atoms with E-state index in [1.54, 1.807) is 48.7 Å². The molecule has 2 aromatic carbocycles. The maximum atomic E-state index is 13.4. The number of anilines is 2. The van der Waals surface area contributed by atoms with Crippen molar-refractivity contribution in [3.8, 4) is 5.75 Å². The maximum Gasteiger partial charge on any atom is 0.418 e. The fraction of sp³-hybridized carbons (Fsp3) is 0.0833. The Bertz CT molecular complexity index is 1360. The van der Waals surface area contributed by atoms with E-state index in [1.165, 1.54) is 23.6 Å². The van der Waals surface area contributed by atoms with Crippen LogP contribution in [-0.2, 0) is 6.18 Å². The molecule has 1 amide bonds. The number of rotatable bonds is 5. The smallest absolute Gasteiger partial charge is 0.418 e. The second-order valence-electron chi connectivity index (χ2n) is 7.15. The van der Waals surface area contributed by atoms with Crippen LogP contribution in [-0.4, -0.2) is 23.2 Å². The van der Waals surface area contributed by atoms with Crippen molar-refractivity contribution in [3.63, 3.8) is 0 Å². The predicted octanol–water partition coefficient (Wildman–Crippen LogP) is 5.03. The molecule has 168 valence electrons. The highest BCUT2D eigenvalue weighted by atomic mass is 19.4. The van der Waals surface area contributed by atoms with Gasteiger partial charge in [0.25, 0.3) is 5.91 Å². The number of fused-ring (bicyclic) bond motifs is 1. The molecule has 6 nitrogen and oxygen atoms in total. The van der Waals surface area contributed by atoms with Crippen LogP contribution in [0.3, 0.4) is 0 Å². The first-order valence-electron chi connectivity index (χ1n) is 9.77. The van der Waals surface area contributed by atoms with Crippen LogP contribution in [0.1, 0.15) is 32.0 Å². The van der Waals surface area contributed by atoms with Crippen molar-refractivity contribution in [2.45, 2.75) is 6.18 Å². The molecule has 0 aliphatic heterocycles. The Labute approximate surface area is 186 Å². The highest BCUT2D eigenvalue weighted by molar-refractivity contribution is 6.20. The SMILES string of the molecule is COc1ccc(C(=O)c2c(N)c(C(=O)Nc3ccccc3C(F)(F)F)c3ccccn23)cc1. The number of carbonyl (C=O) groups excluding carboxylic acids is 2. The molecule has 3 N–H and O–H groups in total. The van der Waals surface area contributed by atoms with Gasteiger partial charge in [-0.25, -0.2) is 0 Å². The number of para-hydroxylation sites is 1. The Balaban J connectivity index is 1.79. The van der Waals surface area contributed by atoms with Crippen LogP contribution in [0.15, 0.2) is 72.9 Å². The largest absolute Gasteiger partial charge is 0.497 e. The second-order valence-corrected chi connectivity index (χ2v) is 7.15. The van der Waals surface area contributed by atoms with E-state index < -0.39 is 29.1 Å². The van der Waals surface area contributed by atoms with Crippen LogP contribution in [0, 0.1) is 0 Å². The third kappa shape index (κ3) is 4.00. The van der Waals surface area contributed by atoms with E-state index in [0.717, 1.165) is 12.1 Å². The molecule has 0 saturated heterocycles. The molecule has 0 bridgehead atoms. The average molecular weight is 453 g/mol. The number of nitrogens with two attached hydrogens (primary N) is 1. The summed E-state index contributed by atoms with van der Waals surface area (Å²) < 4.78 is 46.6. The summed E-state index contributed by atoms with van der Waals surface area (Å²) in [6.45, 7) is 0. The van der Waals surface area contributed by atoms with Gasteiger partial charge in [-0.15, -0.1) is 0 Å². The number of carbonyl (C=O) groups is 2. The van der Waals surface area contributed by atoms with Crippen molar-refractivity contribution in [3.05, 3.63) is 95.3 Å². The predicted molar refractivity (Wildman–Crippen MR) is 118 cm³/mol. The number of nitrogens with one attached hydrogen (secondary N) is 1. The lowest BCUT2D eigenvalue weighted by Gasteiger charge is -2.13. The number of hydrogen-bond acceptors (Lipinski definition) is 4. The highest BCUT2D eigenvalue weighted by Gasteiger charge is 2.34. The van der Waals surface area contributed by atoms with Crippen molar-refractivity contribution in [1.82, 2.24) is 4.40 Å². The normalized spacial score (nSPS) is 11.4. The molecular weight excluding hydrogens is 435 g/mol. The van der Waals surface area contributed by atoms with Gasteiger partial charge in [0.05, 0.1) is 35.1 Å². The van der Waals surface area contributed by atoms with Crippen molar-refractivity contribution < 1.29 is 27.5 Å². The van der Waals surface area contributed by atoms with E-state index in [-0.39, 0.29) is 22.5 Å². The molecule has 2 aromatic heterocycles. The molecule has 9 heteroatoms. The van der Waals surface area contributed by atoms with E-state index in [1.807, 2.05) is 0 Å². The molecule has 0 aliphatic carbocycles. The summed E-state index contributed by atoms with van der Waals surface area (Å²) in [5, 5.41) is 2.29. The van der Waals surface area contributed by atoms with Crippen molar-refractivity contribution in [2.75, 3.05) is 18.2 Å². The van der Waals surface area contributed by atoms with Gasteiger partial charge in [0.1, 0.15) is 11.4 Å². The number of pyridine rings is 1. The lowest BCUT2D eigenvalue weighted by Crippen LogP contribution is -2.17. The standard InChI is InChI=1S/C24H18F3N3O3/c1-33-15-11-9-14(10-12-15)22(31)21-20(28)19(18-8-4-5-13-30(18)21)23(32)29-17-7-3-2-6-16(17)24(25,26)27/h2-13H,28H2,1H3,(H,29,32). The quantitative estimate of drug-likeness (QED) is 0.415. The Kier molecular flexibility index (Phi) is 5.55. The van der Waals surface area contributed by atoms with E-state index in [9.17, 15) is 22.8 Å². The monoisotopic (exact) mass is 453 g/mol. The summed E-state index contributed by atoms with van der Waals surface area (Å²) in [6.07, 6.45) is -3.10. The van der Waals surface area contributed by atoms with Crippen LogP contribution in [0.4, 0.5) is 24.5 Å². The van der Waals surface area contributed by atoms with Gasteiger partial charge in [-0.1, -0.05) is 18.2 Å². The molecule has 0 radical (unpaired) electrons.